The second kappa shape index (κ2) is 16.0. The zero-order valence-corrected chi connectivity index (χ0v) is 45.5. The molecule has 3 nitrogen and oxygen atoms in total. The van der Waals surface area contributed by atoms with E-state index in [9.17, 15) is 0 Å². The third-order valence-corrected chi connectivity index (χ3v) is 17.6. The van der Waals surface area contributed by atoms with Crippen molar-refractivity contribution in [1.82, 2.24) is 0 Å². The van der Waals surface area contributed by atoms with E-state index in [1.165, 1.54) is 119 Å². The van der Waals surface area contributed by atoms with Gasteiger partial charge < -0.3 is 14.7 Å². The first-order valence-electron chi connectivity index (χ1n) is 26.7. The minimum Gasteiger partial charge on any atom is -0.334 e. The Bertz CT molecular complexity index is 3260. The summed E-state index contributed by atoms with van der Waals surface area (Å²) in [6.45, 7) is 35.6. The molecule has 0 aromatic heterocycles. The van der Waals surface area contributed by atoms with Crippen molar-refractivity contribution in [3.8, 4) is 11.1 Å². The van der Waals surface area contributed by atoms with Crippen molar-refractivity contribution >= 4 is 68.6 Å². The first-order chi connectivity index (χ1) is 33.4. The summed E-state index contributed by atoms with van der Waals surface area (Å²) in [5.74, 6) is 0. The summed E-state index contributed by atoms with van der Waals surface area (Å²) in [6.07, 6.45) is 4.74. The van der Waals surface area contributed by atoms with Crippen LogP contribution in [0.15, 0.2) is 140 Å². The van der Waals surface area contributed by atoms with Gasteiger partial charge in [0.25, 0.3) is 6.71 Å². The highest BCUT2D eigenvalue weighted by atomic mass is 15.3. The largest absolute Gasteiger partial charge is 0.334 e. The molecule has 71 heavy (non-hydrogen) atoms. The monoisotopic (exact) mass is 934 g/mol. The lowest BCUT2D eigenvalue weighted by Crippen LogP contribution is -2.62. The summed E-state index contributed by atoms with van der Waals surface area (Å²) in [6, 6.07) is 55.4. The molecule has 3 aliphatic heterocycles. The van der Waals surface area contributed by atoms with Crippen LogP contribution in [-0.2, 0) is 27.1 Å². The molecule has 1 saturated carbocycles. The van der Waals surface area contributed by atoms with Gasteiger partial charge >= 0.3 is 0 Å². The molecule has 7 aromatic carbocycles. The molecular formula is C67H76BN3. The molecular weight excluding hydrogens is 858 g/mol. The van der Waals surface area contributed by atoms with Gasteiger partial charge in [0, 0.05) is 50.9 Å². The molecule has 11 rings (SSSR count). The number of hydrogen-bond acceptors (Lipinski definition) is 3. The van der Waals surface area contributed by atoms with E-state index < -0.39 is 0 Å². The standard InChI is InChI=1S/C67H76BN3/c1-43-21-16-17-24-52(43)44-25-33-56-53(37-44)66(14)35-18-19-36-67(66,15)71(56)51-41-59-61-60(42-51)70(50-23-20-22-46(38-50)63(5,6)7)58-40-48(65(11,12)13)28-32-54(58)68(61)55-39-47(64(8,9)10)29-34-57(55)69(59)49-30-26-45(27-31-49)62(2,3)4/h16-17,20-34,37-42H,18-19,35-36H2,1-15H3. The van der Waals surface area contributed by atoms with E-state index >= 15 is 0 Å². The van der Waals surface area contributed by atoms with Crippen molar-refractivity contribution in [2.24, 2.45) is 0 Å². The van der Waals surface area contributed by atoms with Gasteiger partial charge in [-0.2, -0.15) is 0 Å². The first kappa shape index (κ1) is 47.3. The number of rotatable bonds is 4. The fourth-order valence-electron chi connectivity index (χ4n) is 13.0. The van der Waals surface area contributed by atoms with Crippen molar-refractivity contribution < 1.29 is 0 Å². The average Bonchev–Trinajstić information content (AvgIpc) is 3.52. The van der Waals surface area contributed by atoms with Crippen LogP contribution in [0.4, 0.5) is 45.5 Å². The van der Waals surface area contributed by atoms with E-state index in [0.29, 0.717) is 0 Å². The Labute approximate surface area is 427 Å². The molecule has 3 heterocycles. The zero-order chi connectivity index (χ0) is 50.4. The van der Waals surface area contributed by atoms with E-state index in [2.05, 4.69) is 258 Å². The molecule has 0 N–H and O–H groups in total. The molecule has 1 fully saturated rings. The number of hydrogen-bond donors (Lipinski definition) is 0. The summed E-state index contributed by atoms with van der Waals surface area (Å²) in [7, 11) is 0. The lowest BCUT2D eigenvalue weighted by atomic mass is 9.33. The molecule has 0 radical (unpaired) electrons. The van der Waals surface area contributed by atoms with Gasteiger partial charge in [-0.1, -0.05) is 182 Å². The van der Waals surface area contributed by atoms with E-state index in [-0.39, 0.29) is 39.3 Å². The summed E-state index contributed by atoms with van der Waals surface area (Å²) in [5.41, 5.74) is 24.7. The van der Waals surface area contributed by atoms with E-state index in [1.54, 1.807) is 0 Å². The van der Waals surface area contributed by atoms with Crippen LogP contribution in [0.2, 0.25) is 0 Å². The molecule has 1 aliphatic carbocycles. The van der Waals surface area contributed by atoms with Crippen molar-refractivity contribution in [1.29, 1.82) is 0 Å². The van der Waals surface area contributed by atoms with E-state index in [4.69, 9.17) is 0 Å². The fourth-order valence-corrected chi connectivity index (χ4v) is 13.0. The SMILES string of the molecule is Cc1ccccc1-c1ccc2c(c1)C1(C)CCCCC1(C)N2c1cc2c3c(c1)N(c1cccc(C(C)(C)C)c1)c1cc(C(C)(C)C)ccc1B3c1cc(C(C)(C)C)ccc1N2c1ccc(C(C)(C)C)cc1. The van der Waals surface area contributed by atoms with Gasteiger partial charge in [-0.3, -0.25) is 0 Å². The van der Waals surface area contributed by atoms with Gasteiger partial charge in [0.2, 0.25) is 0 Å². The van der Waals surface area contributed by atoms with Crippen LogP contribution in [0.1, 0.15) is 156 Å². The molecule has 4 aliphatic rings. The molecule has 2 unspecified atom stereocenters. The topological polar surface area (TPSA) is 9.72 Å². The number of benzene rings is 7. The van der Waals surface area contributed by atoms with Gasteiger partial charge in [0.1, 0.15) is 0 Å². The van der Waals surface area contributed by atoms with E-state index in [1.807, 2.05) is 0 Å². The lowest BCUT2D eigenvalue weighted by molar-refractivity contribution is 0.195. The molecule has 0 saturated heterocycles. The van der Waals surface area contributed by atoms with Crippen LogP contribution in [0.5, 0.6) is 0 Å². The molecule has 7 aromatic rings. The van der Waals surface area contributed by atoms with Gasteiger partial charge in [0.15, 0.2) is 0 Å². The predicted molar refractivity (Wildman–Crippen MR) is 308 cm³/mol. The van der Waals surface area contributed by atoms with Crippen LogP contribution in [0.25, 0.3) is 11.1 Å². The van der Waals surface area contributed by atoms with Crippen molar-refractivity contribution in [3.05, 3.63) is 173 Å². The Hall–Kier alpha value is -6.00. The maximum Gasteiger partial charge on any atom is 0.252 e. The second-order valence-electron chi connectivity index (χ2n) is 26.3. The second-order valence-corrected chi connectivity index (χ2v) is 26.3. The first-order valence-corrected chi connectivity index (χ1v) is 26.7. The van der Waals surface area contributed by atoms with Crippen LogP contribution >= 0.6 is 0 Å². The van der Waals surface area contributed by atoms with Crippen molar-refractivity contribution in [3.63, 3.8) is 0 Å². The van der Waals surface area contributed by atoms with Gasteiger partial charge in [-0.25, -0.2) is 0 Å². The van der Waals surface area contributed by atoms with Gasteiger partial charge in [0.05, 0.1) is 5.54 Å². The number of fused-ring (bicyclic) bond motifs is 7. The summed E-state index contributed by atoms with van der Waals surface area (Å²) < 4.78 is 0. The van der Waals surface area contributed by atoms with Crippen LogP contribution < -0.4 is 31.1 Å². The van der Waals surface area contributed by atoms with Crippen molar-refractivity contribution in [2.75, 3.05) is 14.7 Å². The summed E-state index contributed by atoms with van der Waals surface area (Å²) in [4.78, 5) is 8.11. The Morgan fingerprint density at radius 3 is 1.68 bits per heavy atom. The Kier molecular flexibility index (Phi) is 10.7. The van der Waals surface area contributed by atoms with E-state index in [0.717, 1.165) is 12.8 Å². The molecule has 362 valence electrons. The maximum absolute atomic E-state index is 2.82. The van der Waals surface area contributed by atoms with Crippen LogP contribution in [0, 0.1) is 6.92 Å². The number of nitrogens with zero attached hydrogens (tertiary/aromatic N) is 3. The minimum absolute atomic E-state index is 0.0144. The van der Waals surface area contributed by atoms with Crippen LogP contribution in [-0.4, -0.2) is 12.3 Å². The summed E-state index contributed by atoms with van der Waals surface area (Å²) >= 11 is 0. The fraction of sp³-hybridized carbons (Fsp3) is 0.373. The molecule has 0 spiro atoms. The Morgan fingerprint density at radius 1 is 0.437 bits per heavy atom. The quantitative estimate of drug-likeness (QED) is 0.163. The minimum atomic E-state index is -0.158. The smallest absolute Gasteiger partial charge is 0.252 e. The molecule has 4 heteroatoms. The maximum atomic E-state index is 2.82. The molecule has 2 atom stereocenters. The zero-order valence-electron chi connectivity index (χ0n) is 45.5. The third-order valence-electron chi connectivity index (χ3n) is 17.6. The number of aryl methyl sites for hydroxylation is 1. The molecule has 0 bridgehead atoms. The third kappa shape index (κ3) is 7.43. The van der Waals surface area contributed by atoms with Gasteiger partial charge in [-0.15, -0.1) is 0 Å². The highest BCUT2D eigenvalue weighted by molar-refractivity contribution is 7.00. The molecule has 0 amide bonds. The normalized spacial score (nSPS) is 19.5. The highest BCUT2D eigenvalue weighted by Crippen LogP contribution is 2.62. The lowest BCUT2D eigenvalue weighted by Gasteiger charge is -2.51. The summed E-state index contributed by atoms with van der Waals surface area (Å²) in [5, 5.41) is 0. The van der Waals surface area contributed by atoms with Gasteiger partial charge in [-0.05, 0) is 170 Å². The average molecular weight is 934 g/mol. The van der Waals surface area contributed by atoms with Crippen LogP contribution in [0.3, 0.4) is 0 Å². The predicted octanol–water partition coefficient (Wildman–Crippen LogP) is 16.7. The number of anilines is 8. The Balaban J connectivity index is 1.26. The highest BCUT2D eigenvalue weighted by Gasteiger charge is 2.58. The van der Waals surface area contributed by atoms with Crippen molar-refractivity contribution in [2.45, 2.75) is 162 Å². The Morgan fingerprint density at radius 2 is 1.01 bits per heavy atom.